The maximum absolute atomic E-state index is 12.0. The Morgan fingerprint density at radius 3 is 2.65 bits per heavy atom. The Morgan fingerprint density at radius 1 is 1.41 bits per heavy atom. The number of carbonyl (C=O) groups is 1. The van der Waals surface area contributed by atoms with Crippen molar-refractivity contribution in [3.05, 3.63) is 0 Å². The quantitative estimate of drug-likeness (QED) is 0.757. The largest absolute Gasteiger partial charge is 0.372 e. The van der Waals surface area contributed by atoms with E-state index in [1.165, 1.54) is 0 Å². The molecule has 0 aromatic heterocycles. The molecule has 2 rings (SSSR count). The van der Waals surface area contributed by atoms with Crippen LogP contribution in [-0.2, 0) is 14.3 Å². The minimum atomic E-state index is -0.240. The Labute approximate surface area is 102 Å². The second kappa shape index (κ2) is 4.55. The molecule has 0 bridgehead atoms. The van der Waals surface area contributed by atoms with Crippen LogP contribution in [0.2, 0.25) is 0 Å². The second-order valence-corrected chi connectivity index (χ2v) is 5.77. The van der Waals surface area contributed by atoms with Gasteiger partial charge in [0.25, 0.3) is 0 Å². The van der Waals surface area contributed by atoms with E-state index in [1.54, 1.807) is 0 Å². The Bertz CT molecular complexity index is 300. The fourth-order valence-electron chi connectivity index (χ4n) is 2.14. The lowest BCUT2D eigenvalue weighted by Gasteiger charge is -2.41. The number of carbonyl (C=O) groups excluding carboxylic acids is 1. The van der Waals surface area contributed by atoms with Crippen LogP contribution in [0.25, 0.3) is 0 Å². The highest BCUT2D eigenvalue weighted by Crippen LogP contribution is 2.18. The number of hydrogen-bond acceptors (Lipinski definition) is 4. The molecule has 2 fully saturated rings. The molecule has 1 N–H and O–H groups in total. The van der Waals surface area contributed by atoms with Crippen LogP contribution in [0.4, 0.5) is 0 Å². The molecule has 1 amide bonds. The number of morpholine rings is 1. The van der Waals surface area contributed by atoms with Crippen molar-refractivity contribution in [1.82, 2.24) is 10.2 Å². The molecule has 0 aromatic rings. The highest BCUT2D eigenvalue weighted by Gasteiger charge is 2.35. The number of amides is 1. The van der Waals surface area contributed by atoms with Crippen LogP contribution in [0.15, 0.2) is 0 Å². The van der Waals surface area contributed by atoms with Gasteiger partial charge in [0.05, 0.1) is 17.8 Å². The first-order valence-electron chi connectivity index (χ1n) is 6.17. The summed E-state index contributed by atoms with van der Waals surface area (Å²) in [6.07, 6.45) is 0. The molecule has 0 radical (unpaired) electrons. The summed E-state index contributed by atoms with van der Waals surface area (Å²) in [6, 6.07) is 0. The molecule has 0 spiro atoms. The van der Waals surface area contributed by atoms with Crippen molar-refractivity contribution in [2.45, 2.75) is 32.0 Å². The molecule has 2 aliphatic heterocycles. The van der Waals surface area contributed by atoms with Crippen LogP contribution >= 0.6 is 0 Å². The molecular weight excluding hydrogens is 220 g/mol. The zero-order valence-electron chi connectivity index (χ0n) is 10.9. The summed E-state index contributed by atoms with van der Waals surface area (Å²) in [4.78, 5) is 13.8. The minimum absolute atomic E-state index is 0.0644. The topological polar surface area (TPSA) is 50.8 Å². The maximum atomic E-state index is 12.0. The Hall–Kier alpha value is -0.650. The predicted molar refractivity (Wildman–Crippen MR) is 63.8 cm³/mol. The van der Waals surface area contributed by atoms with Gasteiger partial charge in [-0.15, -0.1) is 0 Å². The van der Waals surface area contributed by atoms with E-state index >= 15 is 0 Å². The van der Waals surface area contributed by atoms with Gasteiger partial charge in [-0.2, -0.15) is 0 Å². The summed E-state index contributed by atoms with van der Waals surface area (Å²) in [7, 11) is 0. The standard InChI is InChI=1S/C12H22N2O3/c1-11(2)9-14(4-5-16-11)10(15)6-17-12(3)7-13-8-12/h13H,4-9H2,1-3H3. The summed E-state index contributed by atoms with van der Waals surface area (Å²) in [5, 5.41) is 3.15. The second-order valence-electron chi connectivity index (χ2n) is 5.77. The van der Waals surface area contributed by atoms with Crippen molar-refractivity contribution in [3.8, 4) is 0 Å². The van der Waals surface area contributed by atoms with Crippen LogP contribution < -0.4 is 5.32 Å². The molecule has 0 atom stereocenters. The molecule has 98 valence electrons. The first-order chi connectivity index (χ1) is 7.90. The van der Waals surface area contributed by atoms with Crippen molar-refractivity contribution in [1.29, 1.82) is 0 Å². The monoisotopic (exact) mass is 242 g/mol. The fourth-order valence-corrected chi connectivity index (χ4v) is 2.14. The number of hydrogen-bond donors (Lipinski definition) is 1. The van der Waals surface area contributed by atoms with Crippen LogP contribution in [-0.4, -0.2) is 61.4 Å². The van der Waals surface area contributed by atoms with E-state index in [0.717, 1.165) is 13.1 Å². The molecule has 2 aliphatic rings. The highest BCUT2D eigenvalue weighted by molar-refractivity contribution is 5.77. The molecule has 5 heteroatoms. The van der Waals surface area contributed by atoms with Crippen molar-refractivity contribution < 1.29 is 14.3 Å². The molecular formula is C12H22N2O3. The number of nitrogens with one attached hydrogen (secondary N) is 1. The summed E-state index contributed by atoms with van der Waals surface area (Å²) < 4.78 is 11.2. The molecule has 5 nitrogen and oxygen atoms in total. The van der Waals surface area contributed by atoms with E-state index in [2.05, 4.69) is 5.32 Å². The third-order valence-corrected chi connectivity index (χ3v) is 3.32. The summed E-state index contributed by atoms with van der Waals surface area (Å²) >= 11 is 0. The third-order valence-electron chi connectivity index (χ3n) is 3.32. The first-order valence-corrected chi connectivity index (χ1v) is 6.17. The Balaban J connectivity index is 1.79. The fraction of sp³-hybridized carbons (Fsp3) is 0.917. The van der Waals surface area contributed by atoms with Crippen molar-refractivity contribution in [2.75, 3.05) is 39.4 Å². The first kappa shape index (κ1) is 12.8. The number of nitrogens with zero attached hydrogens (tertiary/aromatic N) is 1. The van der Waals surface area contributed by atoms with Gasteiger partial charge in [-0.1, -0.05) is 0 Å². The molecule has 17 heavy (non-hydrogen) atoms. The van der Waals surface area contributed by atoms with Gasteiger partial charge in [0, 0.05) is 26.2 Å². The molecule has 0 aliphatic carbocycles. The van der Waals surface area contributed by atoms with Crippen LogP contribution in [0.5, 0.6) is 0 Å². The van der Waals surface area contributed by atoms with E-state index in [1.807, 2.05) is 25.7 Å². The average molecular weight is 242 g/mol. The third kappa shape index (κ3) is 3.18. The van der Waals surface area contributed by atoms with Gasteiger partial charge >= 0.3 is 0 Å². The van der Waals surface area contributed by atoms with Gasteiger partial charge < -0.3 is 19.7 Å². The summed E-state index contributed by atoms with van der Waals surface area (Å²) in [5.74, 6) is 0.0644. The van der Waals surface area contributed by atoms with E-state index in [0.29, 0.717) is 19.7 Å². The molecule has 0 unspecified atom stereocenters. The van der Waals surface area contributed by atoms with Gasteiger partial charge in [0.1, 0.15) is 6.61 Å². The van der Waals surface area contributed by atoms with E-state index < -0.39 is 0 Å². The zero-order valence-corrected chi connectivity index (χ0v) is 10.9. The van der Waals surface area contributed by atoms with Gasteiger partial charge in [-0.05, 0) is 20.8 Å². The van der Waals surface area contributed by atoms with Crippen molar-refractivity contribution >= 4 is 5.91 Å². The van der Waals surface area contributed by atoms with Gasteiger partial charge in [0.15, 0.2) is 0 Å². The van der Waals surface area contributed by atoms with E-state index in [9.17, 15) is 4.79 Å². The van der Waals surface area contributed by atoms with Gasteiger partial charge in [-0.25, -0.2) is 0 Å². The van der Waals surface area contributed by atoms with Crippen LogP contribution in [0.1, 0.15) is 20.8 Å². The van der Waals surface area contributed by atoms with Gasteiger partial charge in [-0.3, -0.25) is 4.79 Å². The molecule has 2 saturated heterocycles. The zero-order chi connectivity index (χ0) is 12.5. The molecule has 2 heterocycles. The normalized spacial score (nSPS) is 26.4. The van der Waals surface area contributed by atoms with E-state index in [4.69, 9.17) is 9.47 Å². The lowest BCUT2D eigenvalue weighted by molar-refractivity contribution is -0.158. The highest BCUT2D eigenvalue weighted by atomic mass is 16.5. The predicted octanol–water partition coefficient (Wildman–Crippen LogP) is 0.00230. The number of ether oxygens (including phenoxy) is 2. The van der Waals surface area contributed by atoms with Crippen LogP contribution in [0, 0.1) is 0 Å². The average Bonchev–Trinajstić information content (AvgIpc) is 2.22. The Kier molecular flexibility index (Phi) is 3.43. The maximum Gasteiger partial charge on any atom is 0.248 e. The smallest absolute Gasteiger partial charge is 0.248 e. The number of rotatable bonds is 3. The summed E-state index contributed by atoms with van der Waals surface area (Å²) in [5.41, 5.74) is -0.396. The van der Waals surface area contributed by atoms with Crippen molar-refractivity contribution in [2.24, 2.45) is 0 Å². The van der Waals surface area contributed by atoms with Crippen molar-refractivity contribution in [3.63, 3.8) is 0 Å². The lowest BCUT2D eigenvalue weighted by Crippen LogP contribution is -2.60. The lowest BCUT2D eigenvalue weighted by atomic mass is 10.0. The Morgan fingerprint density at radius 2 is 2.12 bits per heavy atom. The van der Waals surface area contributed by atoms with Crippen LogP contribution in [0.3, 0.4) is 0 Å². The van der Waals surface area contributed by atoms with Gasteiger partial charge in [0.2, 0.25) is 5.91 Å². The summed E-state index contributed by atoms with van der Waals surface area (Å²) in [6.45, 7) is 9.79. The van der Waals surface area contributed by atoms with E-state index in [-0.39, 0.29) is 23.7 Å². The SMILES string of the molecule is CC1(C)CN(C(=O)COC2(C)CNC2)CCO1. The molecule has 0 saturated carbocycles. The molecule has 0 aromatic carbocycles. The minimum Gasteiger partial charge on any atom is -0.372 e.